The lowest BCUT2D eigenvalue weighted by atomic mass is 10.5. The lowest BCUT2D eigenvalue weighted by Crippen LogP contribution is -2.18. The van der Waals surface area contributed by atoms with Crippen LogP contribution in [0.5, 0.6) is 0 Å². The number of aromatic amines is 1. The van der Waals surface area contributed by atoms with Gasteiger partial charge < -0.3 is 5.32 Å². The largest absolute Gasteiger partial charge is 0.351 e. The summed E-state index contributed by atoms with van der Waals surface area (Å²) in [5.74, 6) is -0.0667. The van der Waals surface area contributed by atoms with Gasteiger partial charge in [-0.2, -0.15) is 15.4 Å². The highest BCUT2D eigenvalue weighted by atomic mass is 16.1. The fraction of sp³-hybridized carbons (Fsp3) is 0.571. The zero-order valence-electron chi connectivity index (χ0n) is 7.59. The number of amides is 1. The van der Waals surface area contributed by atoms with Crippen LogP contribution in [0.4, 0.5) is 0 Å². The summed E-state index contributed by atoms with van der Waals surface area (Å²) in [6, 6.07) is 0. The van der Waals surface area contributed by atoms with E-state index in [-0.39, 0.29) is 5.91 Å². The van der Waals surface area contributed by atoms with Gasteiger partial charge in [-0.1, -0.05) is 13.8 Å². The molecule has 1 amide bonds. The molecule has 2 N–H and O–H groups in total. The minimum absolute atomic E-state index is 0.0667. The van der Waals surface area contributed by atoms with Gasteiger partial charge in [0.1, 0.15) is 5.69 Å². The second kappa shape index (κ2) is 6.33. The Bertz CT molecular complexity index is 207. The maximum atomic E-state index is 10.4. The third kappa shape index (κ3) is 4.43. The number of carbonyl (C=O) groups is 1. The summed E-state index contributed by atoms with van der Waals surface area (Å²) in [4.78, 5) is 10.4. The summed E-state index contributed by atoms with van der Waals surface area (Å²) in [7, 11) is 0. The highest BCUT2D eigenvalue weighted by Crippen LogP contribution is 1.85. The molecule has 0 bridgehead atoms. The van der Waals surface area contributed by atoms with Crippen molar-refractivity contribution in [3.63, 3.8) is 0 Å². The lowest BCUT2D eigenvalue weighted by molar-refractivity contribution is -0.119. The average molecular weight is 170 g/mol. The molecular weight excluding hydrogens is 156 g/mol. The summed E-state index contributed by atoms with van der Waals surface area (Å²) in [5.41, 5.74) is 0.732. The fourth-order valence-electron chi connectivity index (χ4n) is 0.526. The van der Waals surface area contributed by atoms with E-state index in [1.807, 2.05) is 13.8 Å². The van der Waals surface area contributed by atoms with E-state index >= 15 is 0 Å². The van der Waals surface area contributed by atoms with Crippen LogP contribution in [-0.2, 0) is 11.3 Å². The third-order valence-corrected chi connectivity index (χ3v) is 0.983. The van der Waals surface area contributed by atoms with Gasteiger partial charge in [0.05, 0.1) is 12.7 Å². The van der Waals surface area contributed by atoms with E-state index in [1.54, 1.807) is 6.20 Å². The molecule has 0 unspecified atom stereocenters. The Morgan fingerprint density at radius 2 is 2.33 bits per heavy atom. The van der Waals surface area contributed by atoms with Crippen molar-refractivity contribution >= 4 is 5.91 Å². The van der Waals surface area contributed by atoms with E-state index in [0.717, 1.165) is 5.69 Å². The van der Waals surface area contributed by atoms with Crippen LogP contribution in [0.15, 0.2) is 6.20 Å². The Hall–Kier alpha value is -1.39. The molecule has 68 valence electrons. The number of H-pyrrole nitrogens is 1. The zero-order chi connectivity index (χ0) is 9.40. The zero-order valence-corrected chi connectivity index (χ0v) is 7.59. The predicted octanol–water partition coefficient (Wildman–Crippen LogP) is 0.467. The van der Waals surface area contributed by atoms with Gasteiger partial charge >= 0.3 is 0 Å². The van der Waals surface area contributed by atoms with Gasteiger partial charge in [-0.3, -0.25) is 4.79 Å². The number of aromatic nitrogens is 3. The van der Waals surface area contributed by atoms with Crippen LogP contribution in [-0.4, -0.2) is 21.3 Å². The molecule has 0 fully saturated rings. The first-order valence-electron chi connectivity index (χ1n) is 3.88. The van der Waals surface area contributed by atoms with Crippen LogP contribution < -0.4 is 5.32 Å². The monoisotopic (exact) mass is 170 g/mol. The maximum Gasteiger partial charge on any atom is 0.217 e. The summed E-state index contributed by atoms with van der Waals surface area (Å²) < 4.78 is 0. The van der Waals surface area contributed by atoms with Crippen LogP contribution in [0.25, 0.3) is 0 Å². The van der Waals surface area contributed by atoms with Crippen molar-refractivity contribution in [1.82, 2.24) is 20.7 Å². The Kier molecular flexibility index (Phi) is 5.60. The standard InChI is InChI=1S/C5H8N4O.C2H6/c1-4(10)6-2-5-3-7-9-8-5;1-2/h3H,2H2,1H3,(H,6,10)(H,7,8,9);1-2H3. The Balaban J connectivity index is 0.000000561. The van der Waals surface area contributed by atoms with Crippen molar-refractivity contribution in [3.05, 3.63) is 11.9 Å². The molecule has 1 heterocycles. The maximum absolute atomic E-state index is 10.4. The molecule has 0 saturated heterocycles. The minimum Gasteiger partial charge on any atom is -0.351 e. The summed E-state index contributed by atoms with van der Waals surface area (Å²) in [6.07, 6.45) is 1.57. The van der Waals surface area contributed by atoms with Gasteiger partial charge in [0.25, 0.3) is 0 Å². The Morgan fingerprint density at radius 1 is 1.67 bits per heavy atom. The van der Waals surface area contributed by atoms with Gasteiger partial charge in [0.2, 0.25) is 5.91 Å². The molecule has 0 aliphatic heterocycles. The van der Waals surface area contributed by atoms with E-state index in [1.165, 1.54) is 6.92 Å². The number of hydrogen-bond acceptors (Lipinski definition) is 3. The fourth-order valence-corrected chi connectivity index (χ4v) is 0.526. The molecule has 0 atom stereocenters. The first kappa shape index (κ1) is 10.6. The summed E-state index contributed by atoms with van der Waals surface area (Å²) in [5, 5.41) is 12.3. The third-order valence-electron chi connectivity index (χ3n) is 0.983. The molecule has 0 aromatic carbocycles. The van der Waals surface area contributed by atoms with E-state index in [4.69, 9.17) is 0 Å². The molecule has 0 saturated carbocycles. The van der Waals surface area contributed by atoms with Gasteiger partial charge in [-0.05, 0) is 0 Å². The van der Waals surface area contributed by atoms with Crippen LogP contribution in [0.2, 0.25) is 0 Å². The normalized spacial score (nSPS) is 8.25. The van der Waals surface area contributed by atoms with Crippen LogP contribution in [0.3, 0.4) is 0 Å². The van der Waals surface area contributed by atoms with Crippen LogP contribution in [0, 0.1) is 0 Å². The van der Waals surface area contributed by atoms with Crippen molar-refractivity contribution in [1.29, 1.82) is 0 Å². The second-order valence-electron chi connectivity index (χ2n) is 1.87. The lowest BCUT2D eigenvalue weighted by Gasteiger charge is -1.94. The van der Waals surface area contributed by atoms with Gasteiger partial charge in [0.15, 0.2) is 0 Å². The van der Waals surface area contributed by atoms with Crippen LogP contribution >= 0.6 is 0 Å². The second-order valence-corrected chi connectivity index (χ2v) is 1.87. The summed E-state index contributed by atoms with van der Waals surface area (Å²) >= 11 is 0. The van der Waals surface area contributed by atoms with E-state index in [9.17, 15) is 4.79 Å². The number of nitrogens with zero attached hydrogens (tertiary/aromatic N) is 2. The molecule has 0 radical (unpaired) electrons. The topological polar surface area (TPSA) is 70.7 Å². The molecule has 5 heteroatoms. The molecule has 1 aromatic heterocycles. The average Bonchev–Trinajstić information content (AvgIpc) is 2.56. The number of carbonyl (C=O) groups excluding carboxylic acids is 1. The first-order chi connectivity index (χ1) is 5.79. The minimum atomic E-state index is -0.0667. The molecule has 0 aliphatic rings. The van der Waals surface area contributed by atoms with Crippen molar-refractivity contribution in [2.75, 3.05) is 0 Å². The number of rotatable bonds is 2. The van der Waals surface area contributed by atoms with Crippen molar-refractivity contribution in [3.8, 4) is 0 Å². The van der Waals surface area contributed by atoms with Crippen LogP contribution in [0.1, 0.15) is 26.5 Å². The van der Waals surface area contributed by atoms with Crippen molar-refractivity contribution in [2.24, 2.45) is 0 Å². The quantitative estimate of drug-likeness (QED) is 0.677. The number of nitrogens with one attached hydrogen (secondary N) is 2. The summed E-state index contributed by atoms with van der Waals surface area (Å²) in [6.45, 7) is 5.89. The van der Waals surface area contributed by atoms with Gasteiger partial charge in [-0.25, -0.2) is 0 Å². The Labute approximate surface area is 71.6 Å². The Morgan fingerprint density at radius 3 is 2.75 bits per heavy atom. The highest BCUT2D eigenvalue weighted by Gasteiger charge is 1.94. The molecule has 1 aromatic rings. The SMILES string of the molecule is CC.CC(=O)NCc1cn[nH]n1. The van der Waals surface area contributed by atoms with E-state index in [0.29, 0.717) is 6.54 Å². The van der Waals surface area contributed by atoms with Gasteiger partial charge in [-0.15, -0.1) is 0 Å². The van der Waals surface area contributed by atoms with E-state index < -0.39 is 0 Å². The van der Waals surface area contributed by atoms with E-state index in [2.05, 4.69) is 20.7 Å². The molecule has 5 nitrogen and oxygen atoms in total. The van der Waals surface area contributed by atoms with Gasteiger partial charge in [0, 0.05) is 6.92 Å². The first-order valence-corrected chi connectivity index (χ1v) is 3.88. The van der Waals surface area contributed by atoms with Crippen molar-refractivity contribution in [2.45, 2.75) is 27.3 Å². The molecular formula is C7H14N4O. The molecule has 0 spiro atoms. The molecule has 1 rings (SSSR count). The number of hydrogen-bond donors (Lipinski definition) is 2. The van der Waals surface area contributed by atoms with Crippen molar-refractivity contribution < 1.29 is 4.79 Å². The molecule has 12 heavy (non-hydrogen) atoms. The highest BCUT2D eigenvalue weighted by molar-refractivity contribution is 5.72. The molecule has 0 aliphatic carbocycles. The predicted molar refractivity (Wildman–Crippen MR) is 45.3 cm³/mol. The smallest absolute Gasteiger partial charge is 0.217 e.